The Kier molecular flexibility index (Phi) is 6.37. The maximum absolute atomic E-state index is 13.0. The topological polar surface area (TPSA) is 81.3 Å². The minimum atomic E-state index is -0.225. The van der Waals surface area contributed by atoms with Gasteiger partial charge in [0.25, 0.3) is 0 Å². The Morgan fingerprint density at radius 2 is 1.75 bits per heavy atom. The Balaban J connectivity index is 1.40. The second-order valence-electron chi connectivity index (χ2n) is 7.89. The van der Waals surface area contributed by atoms with Crippen molar-refractivity contribution in [3.63, 3.8) is 0 Å². The van der Waals surface area contributed by atoms with E-state index >= 15 is 0 Å². The highest BCUT2D eigenvalue weighted by atomic mass is 35.5. The molecule has 8 heteroatoms. The summed E-state index contributed by atoms with van der Waals surface area (Å²) in [5.74, 6) is 0.626. The van der Waals surface area contributed by atoms with Crippen LogP contribution in [-0.2, 0) is 17.8 Å². The number of aryl methyl sites for hydroxylation is 3. The van der Waals surface area contributed by atoms with E-state index in [-0.39, 0.29) is 17.1 Å². The predicted octanol–water partition coefficient (Wildman–Crippen LogP) is 3.79. The fourth-order valence-electron chi connectivity index (χ4n) is 3.70. The molecule has 0 unspecified atom stereocenters. The van der Waals surface area contributed by atoms with Crippen molar-refractivity contribution in [1.82, 2.24) is 24.5 Å². The first-order chi connectivity index (χ1) is 15.4. The zero-order chi connectivity index (χ0) is 22.7. The van der Waals surface area contributed by atoms with E-state index in [1.54, 1.807) is 33.5 Å². The summed E-state index contributed by atoms with van der Waals surface area (Å²) < 4.78 is 3.28. The quantitative estimate of drug-likeness (QED) is 0.465. The highest BCUT2D eigenvalue weighted by Gasteiger charge is 2.12. The Bertz CT molecular complexity index is 1300. The van der Waals surface area contributed by atoms with Crippen LogP contribution in [0.5, 0.6) is 0 Å². The second-order valence-corrected chi connectivity index (χ2v) is 8.32. The van der Waals surface area contributed by atoms with E-state index in [9.17, 15) is 9.59 Å². The SMILES string of the molecule is Cc1cc(C)cc(-n2ccn3c(CCCC(=O)NCc4ccc(Cl)cc4)nnc3c2=O)c1. The molecule has 0 bridgehead atoms. The molecule has 1 amide bonds. The van der Waals surface area contributed by atoms with Crippen molar-refractivity contribution in [3.8, 4) is 5.69 Å². The molecule has 0 atom stereocenters. The fourth-order valence-corrected chi connectivity index (χ4v) is 3.82. The number of carbonyl (C=O) groups is 1. The lowest BCUT2D eigenvalue weighted by Crippen LogP contribution is -2.22. The molecule has 4 aromatic rings. The van der Waals surface area contributed by atoms with Crippen LogP contribution in [0.15, 0.2) is 59.7 Å². The molecule has 0 fully saturated rings. The highest BCUT2D eigenvalue weighted by molar-refractivity contribution is 6.30. The van der Waals surface area contributed by atoms with Crippen molar-refractivity contribution in [1.29, 1.82) is 0 Å². The van der Waals surface area contributed by atoms with Gasteiger partial charge in [-0.2, -0.15) is 0 Å². The lowest BCUT2D eigenvalue weighted by atomic mass is 10.1. The van der Waals surface area contributed by atoms with Gasteiger partial charge in [0.2, 0.25) is 11.6 Å². The van der Waals surface area contributed by atoms with Gasteiger partial charge in [-0.15, -0.1) is 10.2 Å². The molecule has 0 aliphatic heterocycles. The van der Waals surface area contributed by atoms with Crippen LogP contribution < -0.4 is 10.9 Å². The van der Waals surface area contributed by atoms with E-state index in [0.717, 1.165) is 22.4 Å². The molecule has 0 radical (unpaired) electrons. The molecule has 0 aliphatic carbocycles. The summed E-state index contributed by atoms with van der Waals surface area (Å²) in [7, 11) is 0. The third-order valence-electron chi connectivity index (χ3n) is 5.23. The zero-order valence-corrected chi connectivity index (χ0v) is 18.8. The van der Waals surface area contributed by atoms with Crippen LogP contribution in [0.4, 0.5) is 0 Å². The minimum Gasteiger partial charge on any atom is -0.352 e. The summed E-state index contributed by atoms with van der Waals surface area (Å²) in [5.41, 5.74) is 4.01. The lowest BCUT2D eigenvalue weighted by molar-refractivity contribution is -0.121. The van der Waals surface area contributed by atoms with Crippen LogP contribution in [-0.4, -0.2) is 25.1 Å². The number of amides is 1. The normalized spacial score (nSPS) is 11.1. The lowest BCUT2D eigenvalue weighted by Gasteiger charge is -2.09. The standard InChI is InChI=1S/C24H24ClN5O2/c1-16-12-17(2)14-20(13-16)29-10-11-30-21(27-28-23(30)24(29)32)4-3-5-22(31)26-15-18-6-8-19(25)9-7-18/h6-14H,3-5,15H2,1-2H3,(H,26,31). The number of hydrogen-bond donors (Lipinski definition) is 1. The maximum atomic E-state index is 13.0. The van der Waals surface area contributed by atoms with Gasteiger partial charge in [0.1, 0.15) is 5.82 Å². The van der Waals surface area contributed by atoms with Crippen LogP contribution in [0, 0.1) is 13.8 Å². The molecule has 0 aliphatic rings. The largest absolute Gasteiger partial charge is 0.352 e. The predicted molar refractivity (Wildman–Crippen MR) is 124 cm³/mol. The van der Waals surface area contributed by atoms with E-state index in [1.807, 2.05) is 38.1 Å². The monoisotopic (exact) mass is 449 g/mol. The van der Waals surface area contributed by atoms with Crippen molar-refractivity contribution < 1.29 is 4.79 Å². The number of aromatic nitrogens is 4. The van der Waals surface area contributed by atoms with Gasteiger partial charge < -0.3 is 5.32 Å². The summed E-state index contributed by atoms with van der Waals surface area (Å²) in [4.78, 5) is 25.1. The average Bonchev–Trinajstić information content (AvgIpc) is 3.17. The molecule has 2 aromatic heterocycles. The Labute approximate surface area is 190 Å². The number of fused-ring (bicyclic) bond motifs is 1. The number of rotatable bonds is 7. The molecule has 0 saturated carbocycles. The smallest absolute Gasteiger partial charge is 0.300 e. The molecule has 2 aromatic carbocycles. The molecule has 1 N–H and O–H groups in total. The van der Waals surface area contributed by atoms with Crippen molar-refractivity contribution in [2.75, 3.05) is 0 Å². The van der Waals surface area contributed by atoms with Gasteiger partial charge in [0.15, 0.2) is 0 Å². The zero-order valence-electron chi connectivity index (χ0n) is 18.0. The van der Waals surface area contributed by atoms with Gasteiger partial charge in [-0.3, -0.25) is 18.6 Å². The van der Waals surface area contributed by atoms with Crippen LogP contribution in [0.2, 0.25) is 5.02 Å². The second kappa shape index (κ2) is 9.36. The van der Waals surface area contributed by atoms with Gasteiger partial charge in [-0.1, -0.05) is 29.8 Å². The molecule has 4 rings (SSSR count). The molecular weight excluding hydrogens is 426 g/mol. The molecular formula is C24H24ClN5O2. The fraction of sp³-hybridized carbons (Fsp3) is 0.250. The number of benzene rings is 2. The van der Waals surface area contributed by atoms with Crippen LogP contribution >= 0.6 is 11.6 Å². The van der Waals surface area contributed by atoms with Crippen molar-refractivity contribution >= 4 is 23.2 Å². The Morgan fingerprint density at radius 1 is 1.03 bits per heavy atom. The maximum Gasteiger partial charge on any atom is 0.300 e. The minimum absolute atomic E-state index is 0.0362. The van der Waals surface area contributed by atoms with Crippen LogP contribution in [0.3, 0.4) is 0 Å². The van der Waals surface area contributed by atoms with Crippen molar-refractivity contribution in [2.24, 2.45) is 0 Å². The number of nitrogens with zero attached hydrogens (tertiary/aromatic N) is 4. The Morgan fingerprint density at radius 3 is 2.47 bits per heavy atom. The third kappa shape index (κ3) is 4.89. The van der Waals surface area contributed by atoms with Crippen LogP contribution in [0.25, 0.3) is 11.3 Å². The molecule has 0 saturated heterocycles. The van der Waals surface area contributed by atoms with Gasteiger partial charge in [0, 0.05) is 42.5 Å². The van der Waals surface area contributed by atoms with Gasteiger partial charge >= 0.3 is 5.56 Å². The molecule has 164 valence electrons. The third-order valence-corrected chi connectivity index (χ3v) is 5.49. The van der Waals surface area contributed by atoms with Gasteiger partial charge in [-0.05, 0) is 61.2 Å². The van der Waals surface area contributed by atoms with Gasteiger partial charge in [-0.25, -0.2) is 0 Å². The highest BCUT2D eigenvalue weighted by Crippen LogP contribution is 2.13. The van der Waals surface area contributed by atoms with E-state index in [0.29, 0.717) is 36.7 Å². The number of carbonyl (C=O) groups excluding carboxylic acids is 1. The molecule has 32 heavy (non-hydrogen) atoms. The van der Waals surface area contributed by atoms with E-state index < -0.39 is 0 Å². The van der Waals surface area contributed by atoms with E-state index in [1.165, 1.54) is 0 Å². The first-order valence-corrected chi connectivity index (χ1v) is 10.8. The first-order valence-electron chi connectivity index (χ1n) is 10.5. The molecule has 7 nitrogen and oxygen atoms in total. The number of halogens is 1. The molecule has 0 spiro atoms. The summed E-state index contributed by atoms with van der Waals surface area (Å²) in [5, 5.41) is 11.8. The van der Waals surface area contributed by atoms with Crippen molar-refractivity contribution in [2.45, 2.75) is 39.7 Å². The number of hydrogen-bond acceptors (Lipinski definition) is 4. The van der Waals surface area contributed by atoms with E-state index in [2.05, 4.69) is 21.6 Å². The van der Waals surface area contributed by atoms with Gasteiger partial charge in [0.05, 0.1) is 0 Å². The number of nitrogens with one attached hydrogen (secondary N) is 1. The average molecular weight is 450 g/mol. The van der Waals surface area contributed by atoms with Crippen molar-refractivity contribution in [3.05, 3.63) is 92.7 Å². The first kappa shape index (κ1) is 21.8. The van der Waals surface area contributed by atoms with E-state index in [4.69, 9.17) is 11.6 Å². The van der Waals surface area contributed by atoms with Crippen LogP contribution in [0.1, 0.15) is 35.4 Å². The summed E-state index contributed by atoms with van der Waals surface area (Å²) in [6.45, 7) is 4.46. The Hall–Kier alpha value is -3.45. The summed E-state index contributed by atoms with van der Waals surface area (Å²) >= 11 is 5.87. The summed E-state index contributed by atoms with van der Waals surface area (Å²) in [6, 6.07) is 13.4. The molecule has 2 heterocycles. The summed E-state index contributed by atoms with van der Waals surface area (Å²) in [6.07, 6.45) is 5.04.